The third-order valence-electron chi connectivity index (χ3n) is 3.58. The fraction of sp³-hybridized carbons (Fsp3) is 0.500. The molecule has 0 fully saturated rings. The zero-order chi connectivity index (χ0) is 17.5. The molecule has 0 aliphatic heterocycles. The van der Waals surface area contributed by atoms with Gasteiger partial charge in [-0.3, -0.25) is 4.79 Å². The van der Waals surface area contributed by atoms with Gasteiger partial charge < -0.3 is 10.2 Å². The quantitative estimate of drug-likeness (QED) is 0.737. The molecular formula is C16H23ClN6O. The van der Waals surface area contributed by atoms with Crippen molar-refractivity contribution in [3.63, 3.8) is 0 Å². The highest BCUT2D eigenvalue weighted by Crippen LogP contribution is 2.18. The number of benzene rings is 1. The van der Waals surface area contributed by atoms with Gasteiger partial charge in [-0.1, -0.05) is 18.5 Å². The van der Waals surface area contributed by atoms with Gasteiger partial charge in [0.2, 0.25) is 11.7 Å². The Morgan fingerprint density at radius 2 is 2.04 bits per heavy atom. The number of hydrogen-bond acceptors (Lipinski definition) is 5. The highest BCUT2D eigenvalue weighted by Gasteiger charge is 2.21. The van der Waals surface area contributed by atoms with E-state index >= 15 is 0 Å². The van der Waals surface area contributed by atoms with Crippen LogP contribution in [0.15, 0.2) is 24.3 Å². The van der Waals surface area contributed by atoms with E-state index in [1.807, 2.05) is 33.2 Å². The molecule has 1 amide bonds. The highest BCUT2D eigenvalue weighted by molar-refractivity contribution is 6.30. The lowest BCUT2D eigenvalue weighted by atomic mass is 10.2. The number of carbonyl (C=O) groups is 1. The maximum atomic E-state index is 12.3. The number of hydrogen-bond donors (Lipinski definition) is 1. The van der Waals surface area contributed by atoms with Gasteiger partial charge in [-0.15, -0.1) is 10.2 Å². The normalized spacial score (nSPS) is 12.4. The fourth-order valence-corrected chi connectivity index (χ4v) is 2.38. The lowest BCUT2D eigenvalue weighted by Crippen LogP contribution is -2.35. The van der Waals surface area contributed by atoms with Gasteiger partial charge in [-0.25, -0.2) is 0 Å². The minimum atomic E-state index is -0.460. The van der Waals surface area contributed by atoms with Gasteiger partial charge in [-0.05, 0) is 63.0 Å². The summed E-state index contributed by atoms with van der Waals surface area (Å²) in [7, 11) is 4.02. The molecule has 0 saturated carbocycles. The smallest absolute Gasteiger partial charge is 0.246 e. The van der Waals surface area contributed by atoms with Crippen molar-refractivity contribution in [1.82, 2.24) is 30.4 Å². The van der Waals surface area contributed by atoms with Gasteiger partial charge in [0.05, 0.1) is 0 Å². The molecular weight excluding hydrogens is 328 g/mol. The molecule has 0 aliphatic rings. The monoisotopic (exact) mass is 350 g/mol. The zero-order valence-corrected chi connectivity index (χ0v) is 15.0. The standard InChI is InChI=1S/C16H23ClN6O/c1-4-14(16(24)18-10-5-11-22(2)3)23-20-15(19-21-23)12-6-8-13(17)9-7-12/h6-9,14H,4-5,10-11H2,1-3H3,(H,18,24). The van der Waals surface area contributed by atoms with Gasteiger partial charge in [0.1, 0.15) is 0 Å². The summed E-state index contributed by atoms with van der Waals surface area (Å²) >= 11 is 5.88. The second kappa shape index (κ2) is 8.75. The first-order valence-corrected chi connectivity index (χ1v) is 8.37. The SMILES string of the molecule is CCC(C(=O)NCCCN(C)C)n1nnc(-c2ccc(Cl)cc2)n1. The molecule has 1 aromatic heterocycles. The van der Waals surface area contributed by atoms with Crippen LogP contribution in [0.1, 0.15) is 25.8 Å². The van der Waals surface area contributed by atoms with Crippen LogP contribution in [0, 0.1) is 0 Å². The van der Waals surface area contributed by atoms with Gasteiger partial charge in [0.25, 0.3) is 0 Å². The van der Waals surface area contributed by atoms with Gasteiger partial charge in [0.15, 0.2) is 6.04 Å². The van der Waals surface area contributed by atoms with E-state index < -0.39 is 6.04 Å². The molecule has 7 nitrogen and oxygen atoms in total. The Balaban J connectivity index is 2.00. The Morgan fingerprint density at radius 1 is 1.33 bits per heavy atom. The van der Waals surface area contributed by atoms with Crippen LogP contribution in [-0.2, 0) is 4.79 Å². The largest absolute Gasteiger partial charge is 0.354 e. The van der Waals surface area contributed by atoms with Gasteiger partial charge >= 0.3 is 0 Å². The van der Waals surface area contributed by atoms with Crippen LogP contribution in [0.4, 0.5) is 0 Å². The van der Waals surface area contributed by atoms with Crippen molar-refractivity contribution in [2.24, 2.45) is 0 Å². The van der Waals surface area contributed by atoms with Crippen LogP contribution in [0.3, 0.4) is 0 Å². The summed E-state index contributed by atoms with van der Waals surface area (Å²) in [6.45, 7) is 3.49. The average molecular weight is 351 g/mol. The Labute approximate surface area is 147 Å². The number of nitrogens with one attached hydrogen (secondary N) is 1. The van der Waals surface area contributed by atoms with Crippen molar-refractivity contribution in [3.05, 3.63) is 29.3 Å². The van der Waals surface area contributed by atoms with Gasteiger partial charge in [-0.2, -0.15) is 4.80 Å². The lowest BCUT2D eigenvalue weighted by molar-refractivity contribution is -0.125. The maximum Gasteiger partial charge on any atom is 0.246 e. The van der Waals surface area contributed by atoms with E-state index in [1.165, 1.54) is 4.80 Å². The van der Waals surface area contributed by atoms with Crippen molar-refractivity contribution in [2.75, 3.05) is 27.2 Å². The van der Waals surface area contributed by atoms with E-state index in [4.69, 9.17) is 11.6 Å². The van der Waals surface area contributed by atoms with Gasteiger partial charge in [0, 0.05) is 17.1 Å². The summed E-state index contributed by atoms with van der Waals surface area (Å²) in [6.07, 6.45) is 1.49. The van der Waals surface area contributed by atoms with Crippen LogP contribution >= 0.6 is 11.6 Å². The molecule has 2 aromatic rings. The Bertz CT molecular complexity index is 655. The summed E-state index contributed by atoms with van der Waals surface area (Å²) in [6, 6.07) is 6.73. The summed E-state index contributed by atoms with van der Waals surface area (Å²) in [4.78, 5) is 15.8. The molecule has 0 radical (unpaired) electrons. The topological polar surface area (TPSA) is 75.9 Å². The van der Waals surface area contributed by atoms with E-state index in [1.54, 1.807) is 12.1 Å². The first-order valence-electron chi connectivity index (χ1n) is 7.99. The molecule has 0 aliphatic carbocycles. The number of aromatic nitrogens is 4. The lowest BCUT2D eigenvalue weighted by Gasteiger charge is -2.14. The molecule has 1 atom stereocenters. The van der Waals surface area contributed by atoms with E-state index in [9.17, 15) is 4.79 Å². The molecule has 24 heavy (non-hydrogen) atoms. The first-order chi connectivity index (χ1) is 11.5. The number of nitrogens with zero attached hydrogens (tertiary/aromatic N) is 5. The number of tetrazole rings is 1. The van der Waals surface area contributed by atoms with Crippen LogP contribution in [0.5, 0.6) is 0 Å². The Morgan fingerprint density at radius 3 is 2.67 bits per heavy atom. The van der Waals surface area contributed by atoms with Crippen LogP contribution in [0.25, 0.3) is 11.4 Å². The molecule has 1 unspecified atom stereocenters. The summed E-state index contributed by atoms with van der Waals surface area (Å²) < 4.78 is 0. The summed E-state index contributed by atoms with van der Waals surface area (Å²) in [5.41, 5.74) is 0.812. The first kappa shape index (κ1) is 18.4. The second-order valence-electron chi connectivity index (χ2n) is 5.81. The molecule has 0 bridgehead atoms. The molecule has 1 aromatic carbocycles. The van der Waals surface area contributed by atoms with Crippen molar-refractivity contribution < 1.29 is 4.79 Å². The molecule has 0 saturated heterocycles. The zero-order valence-electron chi connectivity index (χ0n) is 14.2. The van der Waals surface area contributed by atoms with Crippen molar-refractivity contribution in [1.29, 1.82) is 0 Å². The maximum absolute atomic E-state index is 12.3. The van der Waals surface area contributed by atoms with Crippen molar-refractivity contribution >= 4 is 17.5 Å². The minimum Gasteiger partial charge on any atom is -0.354 e. The van der Waals surface area contributed by atoms with Crippen LogP contribution < -0.4 is 5.32 Å². The van der Waals surface area contributed by atoms with Crippen LogP contribution in [0.2, 0.25) is 5.02 Å². The number of carbonyl (C=O) groups excluding carboxylic acids is 1. The molecule has 0 spiro atoms. The third kappa shape index (κ3) is 5.01. The Kier molecular flexibility index (Phi) is 6.69. The average Bonchev–Trinajstić information content (AvgIpc) is 3.02. The number of rotatable bonds is 8. The number of amides is 1. The van der Waals surface area contributed by atoms with Crippen LogP contribution in [-0.4, -0.2) is 58.2 Å². The minimum absolute atomic E-state index is 0.0867. The fourth-order valence-electron chi connectivity index (χ4n) is 2.25. The van der Waals surface area contributed by atoms with Crippen molar-refractivity contribution in [2.45, 2.75) is 25.8 Å². The predicted molar refractivity (Wildman–Crippen MR) is 93.8 cm³/mol. The predicted octanol–water partition coefficient (Wildman–Crippen LogP) is 2.01. The molecule has 1 N–H and O–H groups in total. The molecule has 2 rings (SSSR count). The third-order valence-corrected chi connectivity index (χ3v) is 3.83. The molecule has 1 heterocycles. The number of halogens is 1. The van der Waals surface area contributed by atoms with E-state index in [0.29, 0.717) is 23.8 Å². The summed E-state index contributed by atoms with van der Waals surface area (Å²) in [5.74, 6) is 0.391. The molecule has 8 heteroatoms. The van der Waals surface area contributed by atoms with E-state index in [2.05, 4.69) is 25.6 Å². The van der Waals surface area contributed by atoms with E-state index in [-0.39, 0.29) is 5.91 Å². The molecule has 130 valence electrons. The Hall–Kier alpha value is -1.99. The highest BCUT2D eigenvalue weighted by atomic mass is 35.5. The second-order valence-corrected chi connectivity index (χ2v) is 6.25. The summed E-state index contributed by atoms with van der Waals surface area (Å²) in [5, 5.41) is 16.0. The van der Waals surface area contributed by atoms with E-state index in [0.717, 1.165) is 18.5 Å². The van der Waals surface area contributed by atoms with Crippen molar-refractivity contribution in [3.8, 4) is 11.4 Å².